The van der Waals surface area contributed by atoms with Gasteiger partial charge in [-0.1, -0.05) is 18.2 Å². The molecule has 1 rings (SSSR count). The summed E-state index contributed by atoms with van der Waals surface area (Å²) in [5, 5.41) is 8.87. The van der Waals surface area contributed by atoms with E-state index in [1.54, 1.807) is 11.0 Å². The molecule has 3 nitrogen and oxygen atoms in total. The summed E-state index contributed by atoms with van der Waals surface area (Å²) in [6, 6.07) is 0. The molecule has 0 bridgehead atoms. The van der Waals surface area contributed by atoms with Crippen LogP contribution in [0.25, 0.3) is 0 Å². The van der Waals surface area contributed by atoms with Gasteiger partial charge < -0.3 is 10.0 Å². The van der Waals surface area contributed by atoms with Crippen LogP contribution in [0.15, 0.2) is 24.8 Å². The lowest BCUT2D eigenvalue weighted by atomic mass is 9.93. The van der Waals surface area contributed by atoms with Crippen LogP contribution in [0.5, 0.6) is 0 Å². The molecule has 1 N–H and O–H groups in total. The van der Waals surface area contributed by atoms with Crippen molar-refractivity contribution < 1.29 is 9.90 Å². The van der Waals surface area contributed by atoms with Crippen LogP contribution in [-0.4, -0.2) is 35.6 Å². The molecule has 1 amide bonds. The summed E-state index contributed by atoms with van der Waals surface area (Å²) in [6.07, 6.45) is 8.63. The summed E-state index contributed by atoms with van der Waals surface area (Å²) in [5.74, 6) is 0.245. The fourth-order valence-electron chi connectivity index (χ4n) is 1.84. The second kappa shape index (κ2) is 6.40. The van der Waals surface area contributed by atoms with Crippen molar-refractivity contribution in [1.29, 1.82) is 0 Å². The molecule has 0 aromatic rings. The molecule has 1 unspecified atom stereocenters. The summed E-state index contributed by atoms with van der Waals surface area (Å²) in [5.41, 5.74) is 0. The molecule has 0 heterocycles. The van der Waals surface area contributed by atoms with E-state index in [1.807, 2.05) is 0 Å². The van der Waals surface area contributed by atoms with Crippen LogP contribution in [0.3, 0.4) is 0 Å². The zero-order valence-corrected chi connectivity index (χ0v) is 9.06. The number of aliphatic hydroxyl groups excluding tert-OH is 1. The van der Waals surface area contributed by atoms with Gasteiger partial charge in [0.15, 0.2) is 0 Å². The summed E-state index contributed by atoms with van der Waals surface area (Å²) in [6.45, 7) is 4.57. The van der Waals surface area contributed by atoms with E-state index in [1.165, 1.54) is 0 Å². The number of amides is 1. The van der Waals surface area contributed by atoms with Gasteiger partial charge in [0.2, 0.25) is 5.91 Å². The van der Waals surface area contributed by atoms with Gasteiger partial charge in [0.25, 0.3) is 0 Å². The van der Waals surface area contributed by atoms with E-state index in [0.29, 0.717) is 13.1 Å². The zero-order chi connectivity index (χ0) is 11.1. The van der Waals surface area contributed by atoms with Crippen LogP contribution in [0.2, 0.25) is 0 Å². The summed E-state index contributed by atoms with van der Waals surface area (Å²) >= 11 is 0. The van der Waals surface area contributed by atoms with Gasteiger partial charge in [0.05, 0.1) is 6.61 Å². The lowest BCUT2D eigenvalue weighted by Crippen LogP contribution is -2.38. The zero-order valence-electron chi connectivity index (χ0n) is 9.06. The third-order valence-electron chi connectivity index (χ3n) is 2.65. The van der Waals surface area contributed by atoms with E-state index in [9.17, 15) is 4.79 Å². The number of nitrogens with zero attached hydrogens (tertiary/aromatic N) is 1. The quantitative estimate of drug-likeness (QED) is 0.694. The van der Waals surface area contributed by atoms with Crippen molar-refractivity contribution in [3.05, 3.63) is 24.8 Å². The standard InChI is InChI=1S/C12H19NO2/c1-2-8-13(9-10-14)12(15)11-6-4-3-5-7-11/h2-4,11,14H,1,5-10H2. The summed E-state index contributed by atoms with van der Waals surface area (Å²) < 4.78 is 0. The van der Waals surface area contributed by atoms with Crippen molar-refractivity contribution in [2.75, 3.05) is 19.7 Å². The second-order valence-corrected chi connectivity index (χ2v) is 3.78. The lowest BCUT2D eigenvalue weighted by molar-refractivity contribution is -0.135. The van der Waals surface area contributed by atoms with E-state index >= 15 is 0 Å². The van der Waals surface area contributed by atoms with Gasteiger partial charge in [0, 0.05) is 19.0 Å². The van der Waals surface area contributed by atoms with E-state index in [4.69, 9.17) is 5.11 Å². The van der Waals surface area contributed by atoms with E-state index < -0.39 is 0 Å². The van der Waals surface area contributed by atoms with Gasteiger partial charge in [-0.05, 0) is 19.3 Å². The van der Waals surface area contributed by atoms with Crippen LogP contribution >= 0.6 is 0 Å². The molecule has 0 saturated heterocycles. The fourth-order valence-corrected chi connectivity index (χ4v) is 1.84. The van der Waals surface area contributed by atoms with Crippen LogP contribution in [0.4, 0.5) is 0 Å². The second-order valence-electron chi connectivity index (χ2n) is 3.78. The molecule has 0 spiro atoms. The number of aliphatic hydroxyl groups is 1. The Bertz CT molecular complexity index is 248. The van der Waals surface area contributed by atoms with Crippen molar-refractivity contribution in [1.82, 2.24) is 4.90 Å². The van der Waals surface area contributed by atoms with Crippen LogP contribution in [0, 0.1) is 5.92 Å². The maximum Gasteiger partial charge on any atom is 0.226 e. The van der Waals surface area contributed by atoms with E-state index in [2.05, 4.69) is 18.7 Å². The molecule has 0 aliphatic heterocycles. The van der Waals surface area contributed by atoms with Crippen molar-refractivity contribution in [2.24, 2.45) is 5.92 Å². The highest BCUT2D eigenvalue weighted by atomic mass is 16.3. The Labute approximate surface area is 91.1 Å². The van der Waals surface area contributed by atoms with Gasteiger partial charge in [-0.15, -0.1) is 6.58 Å². The highest BCUT2D eigenvalue weighted by Crippen LogP contribution is 2.20. The molecule has 15 heavy (non-hydrogen) atoms. The molecule has 1 aliphatic carbocycles. The first kappa shape index (κ1) is 12.0. The smallest absolute Gasteiger partial charge is 0.226 e. The number of rotatable bonds is 5. The molecule has 0 saturated carbocycles. The predicted molar refractivity (Wildman–Crippen MR) is 60.3 cm³/mol. The average molecular weight is 209 g/mol. The third kappa shape index (κ3) is 3.51. The van der Waals surface area contributed by atoms with Crippen molar-refractivity contribution in [3.8, 4) is 0 Å². The number of allylic oxidation sites excluding steroid dienone is 2. The Hall–Kier alpha value is -1.09. The predicted octanol–water partition coefficient (Wildman–Crippen LogP) is 1.35. The third-order valence-corrected chi connectivity index (χ3v) is 2.65. The van der Waals surface area contributed by atoms with Gasteiger partial charge >= 0.3 is 0 Å². The molecule has 3 heteroatoms. The molecular weight excluding hydrogens is 190 g/mol. The average Bonchev–Trinajstić information content (AvgIpc) is 2.29. The fraction of sp³-hybridized carbons (Fsp3) is 0.583. The maximum absolute atomic E-state index is 12.0. The monoisotopic (exact) mass is 209 g/mol. The number of hydrogen-bond acceptors (Lipinski definition) is 2. The molecular formula is C12H19NO2. The van der Waals surface area contributed by atoms with E-state index in [-0.39, 0.29) is 18.4 Å². The molecule has 84 valence electrons. The number of hydrogen-bond donors (Lipinski definition) is 1. The van der Waals surface area contributed by atoms with Crippen LogP contribution in [-0.2, 0) is 4.79 Å². The lowest BCUT2D eigenvalue weighted by Gasteiger charge is -2.26. The van der Waals surface area contributed by atoms with Crippen LogP contribution < -0.4 is 0 Å². The van der Waals surface area contributed by atoms with Crippen molar-refractivity contribution in [3.63, 3.8) is 0 Å². The Balaban J connectivity index is 2.53. The largest absolute Gasteiger partial charge is 0.395 e. The van der Waals surface area contributed by atoms with Crippen molar-refractivity contribution >= 4 is 5.91 Å². The topological polar surface area (TPSA) is 40.5 Å². The Morgan fingerprint density at radius 1 is 1.60 bits per heavy atom. The van der Waals surface area contributed by atoms with Gasteiger partial charge in [-0.3, -0.25) is 4.79 Å². The molecule has 0 aromatic carbocycles. The Morgan fingerprint density at radius 3 is 2.93 bits per heavy atom. The SMILES string of the molecule is C=CCN(CCO)C(=O)C1CC=CCC1. The van der Waals surface area contributed by atoms with E-state index in [0.717, 1.165) is 19.3 Å². The summed E-state index contributed by atoms with van der Waals surface area (Å²) in [7, 11) is 0. The molecule has 1 atom stereocenters. The first-order valence-electron chi connectivity index (χ1n) is 5.45. The first-order valence-corrected chi connectivity index (χ1v) is 5.45. The highest BCUT2D eigenvalue weighted by molar-refractivity contribution is 5.79. The normalized spacial score (nSPS) is 19.9. The number of carbonyl (C=O) groups is 1. The van der Waals surface area contributed by atoms with Gasteiger partial charge in [-0.25, -0.2) is 0 Å². The first-order chi connectivity index (χ1) is 7.29. The molecule has 1 aliphatic rings. The Kier molecular flexibility index (Phi) is 5.12. The molecule has 0 fully saturated rings. The molecule has 0 radical (unpaired) electrons. The maximum atomic E-state index is 12.0. The molecule has 0 aromatic heterocycles. The summed E-state index contributed by atoms with van der Waals surface area (Å²) in [4.78, 5) is 13.7. The number of carbonyl (C=O) groups excluding carboxylic acids is 1. The Morgan fingerprint density at radius 2 is 2.40 bits per heavy atom. The minimum absolute atomic E-state index is 0.0160. The highest BCUT2D eigenvalue weighted by Gasteiger charge is 2.23. The minimum atomic E-state index is 0.0160. The minimum Gasteiger partial charge on any atom is -0.395 e. The van der Waals surface area contributed by atoms with Gasteiger partial charge in [0.1, 0.15) is 0 Å². The van der Waals surface area contributed by atoms with Crippen molar-refractivity contribution in [2.45, 2.75) is 19.3 Å². The van der Waals surface area contributed by atoms with Gasteiger partial charge in [-0.2, -0.15) is 0 Å². The van der Waals surface area contributed by atoms with Crippen LogP contribution in [0.1, 0.15) is 19.3 Å².